The number of likely N-dealkylation sites (tertiary alicyclic amines) is 1. The van der Waals surface area contributed by atoms with E-state index in [1.165, 1.54) is 11.0 Å². The lowest BCUT2D eigenvalue weighted by Crippen LogP contribution is -2.52. The van der Waals surface area contributed by atoms with Crippen molar-refractivity contribution in [1.82, 2.24) is 14.1 Å². The number of carbonyl (C=O) groups excluding carboxylic acids is 2. The third kappa shape index (κ3) is 4.01. The normalized spacial score (nSPS) is 25.8. The summed E-state index contributed by atoms with van der Waals surface area (Å²) < 4.78 is 66.6. The van der Waals surface area contributed by atoms with E-state index in [0.29, 0.717) is 12.8 Å². The van der Waals surface area contributed by atoms with E-state index in [-0.39, 0.29) is 56.5 Å². The summed E-state index contributed by atoms with van der Waals surface area (Å²) in [6.07, 6.45) is 0.0941. The first-order chi connectivity index (χ1) is 14.6. The predicted octanol–water partition coefficient (Wildman–Crippen LogP) is 1.92. The molecule has 0 N–H and O–H groups in total. The second-order valence-corrected chi connectivity index (χ2v) is 9.82. The van der Waals surface area contributed by atoms with E-state index >= 15 is 0 Å². The zero-order valence-electron chi connectivity index (χ0n) is 16.6. The number of carbonyl (C=O) groups is 2. The van der Waals surface area contributed by atoms with Gasteiger partial charge >= 0.3 is 6.18 Å². The number of sulfonamides is 1. The minimum absolute atomic E-state index is 0.0286. The maximum atomic E-state index is 13.3. The summed E-state index contributed by atoms with van der Waals surface area (Å²) in [5.41, 5.74) is -1.19. The molecule has 11 heteroatoms. The number of piperazine rings is 1. The Bertz CT molecular complexity index is 991. The molecule has 0 unspecified atom stereocenters. The van der Waals surface area contributed by atoms with Gasteiger partial charge in [-0.05, 0) is 25.0 Å². The summed E-state index contributed by atoms with van der Waals surface area (Å²) in [4.78, 5) is 27.4. The van der Waals surface area contributed by atoms with Gasteiger partial charge in [0.25, 0.3) is 0 Å². The van der Waals surface area contributed by atoms with Crippen molar-refractivity contribution in [3.05, 3.63) is 42.0 Å². The number of amides is 2. The molecule has 2 atom stereocenters. The van der Waals surface area contributed by atoms with Crippen molar-refractivity contribution in [3.8, 4) is 0 Å². The van der Waals surface area contributed by atoms with Gasteiger partial charge in [-0.15, -0.1) is 0 Å². The monoisotopic (exact) mass is 457 g/mol. The SMILES string of the molecule is O=C1[C@@H]2CC=CC[C@H]2C(=O)N1CN1CCN(S(=O)(=O)c2ccccc2C(F)(F)F)CC1. The lowest BCUT2D eigenvalue weighted by molar-refractivity contribution is -0.143. The van der Waals surface area contributed by atoms with Crippen LogP contribution in [-0.4, -0.2) is 67.2 Å². The predicted molar refractivity (Wildman–Crippen MR) is 104 cm³/mol. The molecule has 168 valence electrons. The first kappa shape index (κ1) is 22.0. The van der Waals surface area contributed by atoms with Gasteiger partial charge in [-0.3, -0.25) is 19.4 Å². The van der Waals surface area contributed by atoms with E-state index < -0.39 is 26.7 Å². The highest BCUT2D eigenvalue weighted by Gasteiger charge is 2.48. The molecule has 1 aromatic carbocycles. The van der Waals surface area contributed by atoms with Crippen LogP contribution < -0.4 is 0 Å². The molecule has 0 aromatic heterocycles. The number of nitrogens with zero attached hydrogens (tertiary/aromatic N) is 3. The molecule has 7 nitrogen and oxygen atoms in total. The van der Waals surface area contributed by atoms with Crippen molar-refractivity contribution in [3.63, 3.8) is 0 Å². The minimum Gasteiger partial charge on any atom is -0.283 e. The second-order valence-electron chi connectivity index (χ2n) is 7.92. The lowest BCUT2D eigenvalue weighted by Gasteiger charge is -2.35. The number of imide groups is 1. The van der Waals surface area contributed by atoms with Gasteiger partial charge in [0, 0.05) is 26.2 Å². The second kappa shape index (κ2) is 8.03. The highest BCUT2D eigenvalue weighted by atomic mass is 32.2. The number of allylic oxidation sites excluding steroid dienone is 2. The molecular weight excluding hydrogens is 435 g/mol. The van der Waals surface area contributed by atoms with E-state index in [9.17, 15) is 31.2 Å². The number of halogens is 3. The standard InChI is InChI=1S/C20H22F3N3O4S/c21-20(22,23)16-7-3-4-8-17(16)31(29,30)25-11-9-24(10-12-25)13-26-18(27)14-5-1-2-6-15(14)19(26)28/h1-4,7-8,14-15H,5-6,9-13H2/t14-,15-/m1/s1. The smallest absolute Gasteiger partial charge is 0.283 e. The van der Waals surface area contributed by atoms with Gasteiger partial charge in [0.2, 0.25) is 21.8 Å². The molecule has 2 saturated heterocycles. The average molecular weight is 457 g/mol. The Morgan fingerprint density at radius 1 is 0.903 bits per heavy atom. The van der Waals surface area contributed by atoms with Gasteiger partial charge in [0.05, 0.1) is 29.0 Å². The summed E-state index contributed by atoms with van der Waals surface area (Å²) in [6.45, 7) is 0.423. The maximum absolute atomic E-state index is 13.3. The van der Waals surface area contributed by atoms with Crippen LogP contribution in [0.5, 0.6) is 0 Å². The Labute approximate surface area is 178 Å². The zero-order valence-corrected chi connectivity index (χ0v) is 17.4. The van der Waals surface area contributed by atoms with Crippen LogP contribution in [0.15, 0.2) is 41.3 Å². The molecule has 0 bridgehead atoms. The van der Waals surface area contributed by atoms with Crippen LogP contribution in [0.3, 0.4) is 0 Å². The summed E-state index contributed by atoms with van der Waals surface area (Å²) >= 11 is 0. The van der Waals surface area contributed by atoms with Gasteiger partial charge in [-0.25, -0.2) is 8.42 Å². The van der Waals surface area contributed by atoms with E-state index in [4.69, 9.17) is 0 Å². The zero-order chi connectivity index (χ0) is 22.4. The van der Waals surface area contributed by atoms with E-state index in [2.05, 4.69) is 0 Å². The molecule has 31 heavy (non-hydrogen) atoms. The largest absolute Gasteiger partial charge is 0.417 e. The van der Waals surface area contributed by atoms with Crippen LogP contribution >= 0.6 is 0 Å². The van der Waals surface area contributed by atoms with Crippen molar-refractivity contribution in [2.75, 3.05) is 32.8 Å². The Hall–Kier alpha value is -2.24. The molecule has 0 radical (unpaired) electrons. The van der Waals surface area contributed by atoms with Gasteiger partial charge in [0.15, 0.2) is 0 Å². The average Bonchev–Trinajstić information content (AvgIpc) is 2.99. The summed E-state index contributed by atoms with van der Waals surface area (Å²) in [5.74, 6) is -1.10. The molecule has 2 fully saturated rings. The quantitative estimate of drug-likeness (QED) is 0.510. The fourth-order valence-electron chi connectivity index (χ4n) is 4.38. The molecule has 3 aliphatic rings. The third-order valence-electron chi connectivity index (χ3n) is 6.08. The number of hydrogen-bond acceptors (Lipinski definition) is 5. The molecule has 1 aromatic rings. The van der Waals surface area contributed by atoms with Crippen molar-refractivity contribution < 1.29 is 31.2 Å². The molecular formula is C20H22F3N3O4S. The maximum Gasteiger partial charge on any atom is 0.417 e. The Kier molecular flexibility index (Phi) is 5.69. The van der Waals surface area contributed by atoms with E-state index in [1.54, 1.807) is 4.90 Å². The van der Waals surface area contributed by atoms with Crippen LogP contribution in [0.4, 0.5) is 13.2 Å². The number of benzene rings is 1. The van der Waals surface area contributed by atoms with E-state index in [0.717, 1.165) is 22.5 Å². The van der Waals surface area contributed by atoms with Crippen LogP contribution in [0.2, 0.25) is 0 Å². The first-order valence-corrected chi connectivity index (χ1v) is 11.4. The molecule has 0 saturated carbocycles. The highest BCUT2D eigenvalue weighted by Crippen LogP contribution is 2.36. The Balaban J connectivity index is 1.43. The summed E-state index contributed by atoms with van der Waals surface area (Å²) in [7, 11) is -4.33. The van der Waals surface area contributed by atoms with Crippen LogP contribution in [0.25, 0.3) is 0 Å². The Morgan fingerprint density at radius 3 is 2.00 bits per heavy atom. The van der Waals surface area contributed by atoms with Gasteiger partial charge in [0.1, 0.15) is 0 Å². The van der Waals surface area contributed by atoms with Gasteiger partial charge in [-0.2, -0.15) is 17.5 Å². The van der Waals surface area contributed by atoms with Crippen molar-refractivity contribution in [2.24, 2.45) is 11.8 Å². The number of alkyl halides is 3. The molecule has 2 amide bonds. The molecule has 2 heterocycles. The molecule has 4 rings (SSSR count). The van der Waals surface area contributed by atoms with Crippen LogP contribution in [0.1, 0.15) is 18.4 Å². The van der Waals surface area contributed by atoms with Crippen molar-refractivity contribution >= 4 is 21.8 Å². The molecule has 2 aliphatic heterocycles. The van der Waals surface area contributed by atoms with Gasteiger partial charge < -0.3 is 0 Å². The number of fused-ring (bicyclic) bond motifs is 1. The number of hydrogen-bond donors (Lipinski definition) is 0. The van der Waals surface area contributed by atoms with Crippen LogP contribution in [0, 0.1) is 11.8 Å². The first-order valence-electron chi connectivity index (χ1n) is 9.99. The topological polar surface area (TPSA) is 78.0 Å². The number of rotatable bonds is 4. The summed E-state index contributed by atoms with van der Waals surface area (Å²) in [5, 5.41) is 0. The lowest BCUT2D eigenvalue weighted by atomic mass is 9.85. The van der Waals surface area contributed by atoms with E-state index in [1.807, 2.05) is 12.2 Å². The summed E-state index contributed by atoms with van der Waals surface area (Å²) in [6, 6.07) is 4.12. The highest BCUT2D eigenvalue weighted by molar-refractivity contribution is 7.89. The minimum atomic E-state index is -4.78. The van der Waals surface area contributed by atoms with Crippen molar-refractivity contribution in [1.29, 1.82) is 0 Å². The molecule has 1 aliphatic carbocycles. The fraction of sp³-hybridized carbons (Fsp3) is 0.500. The third-order valence-corrected chi connectivity index (χ3v) is 8.04. The van der Waals surface area contributed by atoms with Crippen molar-refractivity contribution in [2.45, 2.75) is 23.9 Å². The Morgan fingerprint density at radius 2 is 1.45 bits per heavy atom. The molecule has 0 spiro atoms. The van der Waals surface area contributed by atoms with Gasteiger partial charge in [-0.1, -0.05) is 24.3 Å². The van der Waals surface area contributed by atoms with Crippen LogP contribution in [-0.2, 0) is 25.8 Å². The fourth-order valence-corrected chi connectivity index (χ4v) is 6.02.